The van der Waals surface area contributed by atoms with Crippen molar-refractivity contribution in [3.63, 3.8) is 0 Å². The highest BCUT2D eigenvalue weighted by Gasteiger charge is 2.32. The van der Waals surface area contributed by atoms with Gasteiger partial charge in [0.15, 0.2) is 0 Å². The second-order valence-corrected chi connectivity index (χ2v) is 6.29. The van der Waals surface area contributed by atoms with Crippen LogP contribution in [0, 0.1) is 17.0 Å². The number of rotatable bonds is 2. The number of piperazine rings is 1. The van der Waals surface area contributed by atoms with E-state index in [1.165, 1.54) is 6.07 Å². The van der Waals surface area contributed by atoms with Crippen molar-refractivity contribution in [3.8, 4) is 0 Å². The van der Waals surface area contributed by atoms with E-state index < -0.39 is 11.6 Å². The van der Waals surface area contributed by atoms with Gasteiger partial charge in [-0.2, -0.15) is 0 Å². The molecule has 2 nitrogen and oxygen atoms in total. The molecular formula is C15H22F2N2. The predicted octanol–water partition coefficient (Wildman–Crippen LogP) is 2.78. The summed E-state index contributed by atoms with van der Waals surface area (Å²) >= 11 is 0. The molecule has 1 fully saturated rings. The first-order valence-corrected chi connectivity index (χ1v) is 6.76. The van der Waals surface area contributed by atoms with Gasteiger partial charge in [-0.1, -0.05) is 26.8 Å². The monoisotopic (exact) mass is 268 g/mol. The van der Waals surface area contributed by atoms with Crippen molar-refractivity contribution < 1.29 is 8.78 Å². The molecule has 0 saturated carbocycles. The van der Waals surface area contributed by atoms with Crippen molar-refractivity contribution >= 4 is 0 Å². The summed E-state index contributed by atoms with van der Waals surface area (Å²) in [6.45, 7) is 9.83. The molecule has 0 aromatic heterocycles. The van der Waals surface area contributed by atoms with Gasteiger partial charge in [0.1, 0.15) is 11.6 Å². The molecule has 1 heterocycles. The lowest BCUT2D eigenvalue weighted by Crippen LogP contribution is -2.56. The van der Waals surface area contributed by atoms with Gasteiger partial charge in [-0.3, -0.25) is 4.90 Å². The van der Waals surface area contributed by atoms with Crippen molar-refractivity contribution in [2.45, 2.75) is 33.4 Å². The zero-order chi connectivity index (χ0) is 14.0. The van der Waals surface area contributed by atoms with E-state index in [1.54, 1.807) is 6.07 Å². The Morgan fingerprint density at radius 2 is 2.05 bits per heavy atom. The summed E-state index contributed by atoms with van der Waals surface area (Å²) in [5, 5.41) is 3.39. The van der Waals surface area contributed by atoms with E-state index in [2.05, 4.69) is 31.0 Å². The van der Waals surface area contributed by atoms with E-state index in [4.69, 9.17) is 0 Å². The van der Waals surface area contributed by atoms with Gasteiger partial charge in [0.2, 0.25) is 0 Å². The van der Waals surface area contributed by atoms with Crippen LogP contribution in [0.25, 0.3) is 0 Å². The first-order valence-electron chi connectivity index (χ1n) is 6.76. The third-order valence-corrected chi connectivity index (χ3v) is 3.74. The molecule has 0 bridgehead atoms. The lowest BCUT2D eigenvalue weighted by Gasteiger charge is -2.43. The Kier molecular flexibility index (Phi) is 4.21. The predicted molar refractivity (Wildman–Crippen MR) is 72.9 cm³/mol. The molecule has 1 saturated heterocycles. The van der Waals surface area contributed by atoms with Gasteiger partial charge in [0.25, 0.3) is 0 Å². The van der Waals surface area contributed by atoms with E-state index in [1.807, 2.05) is 0 Å². The van der Waals surface area contributed by atoms with Crippen molar-refractivity contribution in [3.05, 3.63) is 35.4 Å². The number of hydrogen-bond acceptors (Lipinski definition) is 2. The largest absolute Gasteiger partial charge is 0.314 e. The van der Waals surface area contributed by atoms with Crippen LogP contribution in [0.4, 0.5) is 8.78 Å². The third kappa shape index (κ3) is 3.51. The van der Waals surface area contributed by atoms with Crippen LogP contribution in [0.3, 0.4) is 0 Å². The van der Waals surface area contributed by atoms with Gasteiger partial charge in [-0.05, 0) is 11.5 Å². The van der Waals surface area contributed by atoms with E-state index in [-0.39, 0.29) is 5.41 Å². The summed E-state index contributed by atoms with van der Waals surface area (Å²) in [5.41, 5.74) is 0.696. The van der Waals surface area contributed by atoms with Gasteiger partial charge in [0, 0.05) is 43.9 Å². The highest BCUT2D eigenvalue weighted by atomic mass is 19.1. The number of hydrogen-bond donors (Lipinski definition) is 1. The Labute approximate surface area is 113 Å². The molecule has 4 heteroatoms. The maximum absolute atomic E-state index is 13.7. The van der Waals surface area contributed by atoms with Crippen LogP contribution in [0.2, 0.25) is 0 Å². The molecule has 0 radical (unpaired) electrons. The molecule has 1 aromatic carbocycles. The molecule has 1 aliphatic rings. The van der Waals surface area contributed by atoms with E-state index >= 15 is 0 Å². The minimum atomic E-state index is -0.520. The lowest BCUT2D eigenvalue weighted by atomic mass is 9.84. The Hall–Kier alpha value is -1.00. The summed E-state index contributed by atoms with van der Waals surface area (Å²) in [6, 6.07) is 4.19. The summed E-state index contributed by atoms with van der Waals surface area (Å²) in [4.78, 5) is 2.28. The quantitative estimate of drug-likeness (QED) is 0.887. The molecular weight excluding hydrogens is 246 g/mol. The Bertz CT molecular complexity index is 440. The molecule has 0 spiro atoms. The Morgan fingerprint density at radius 1 is 1.32 bits per heavy atom. The number of halogens is 2. The first kappa shape index (κ1) is 14.4. The van der Waals surface area contributed by atoms with Crippen LogP contribution in [0.5, 0.6) is 0 Å². The topological polar surface area (TPSA) is 15.3 Å². The summed E-state index contributed by atoms with van der Waals surface area (Å²) in [5.74, 6) is -0.972. The molecule has 0 aliphatic carbocycles. The highest BCUT2D eigenvalue weighted by molar-refractivity contribution is 5.18. The normalized spacial score (nSPS) is 21.6. The number of nitrogens with zero attached hydrogens (tertiary/aromatic N) is 1. The maximum atomic E-state index is 13.7. The van der Waals surface area contributed by atoms with Crippen molar-refractivity contribution in [2.24, 2.45) is 5.41 Å². The second-order valence-electron chi connectivity index (χ2n) is 6.29. The van der Waals surface area contributed by atoms with Crippen LogP contribution >= 0.6 is 0 Å². The molecule has 1 aliphatic heterocycles. The summed E-state index contributed by atoms with van der Waals surface area (Å²) in [6.07, 6.45) is 0. The number of nitrogens with one attached hydrogen (secondary N) is 1. The highest BCUT2D eigenvalue weighted by Crippen LogP contribution is 2.27. The van der Waals surface area contributed by atoms with Gasteiger partial charge >= 0.3 is 0 Å². The van der Waals surface area contributed by atoms with Gasteiger partial charge in [-0.15, -0.1) is 0 Å². The fourth-order valence-electron chi connectivity index (χ4n) is 2.66. The summed E-state index contributed by atoms with van der Waals surface area (Å²) < 4.78 is 26.7. The molecule has 1 N–H and O–H groups in total. The van der Waals surface area contributed by atoms with Gasteiger partial charge in [-0.25, -0.2) is 8.78 Å². The molecule has 2 rings (SSSR count). The van der Waals surface area contributed by atoms with Crippen LogP contribution in [0.1, 0.15) is 26.3 Å². The molecule has 106 valence electrons. The molecule has 1 unspecified atom stereocenters. The third-order valence-electron chi connectivity index (χ3n) is 3.74. The van der Waals surface area contributed by atoms with E-state index in [9.17, 15) is 8.78 Å². The zero-order valence-corrected chi connectivity index (χ0v) is 11.8. The molecule has 19 heavy (non-hydrogen) atoms. The second kappa shape index (κ2) is 5.55. The van der Waals surface area contributed by atoms with Gasteiger partial charge in [0.05, 0.1) is 0 Å². The standard InChI is InChI=1S/C15H22F2N2/c1-15(2,3)14-9-18-6-7-19(14)10-11-4-5-12(16)8-13(11)17/h4-5,8,14,18H,6-7,9-10H2,1-3H3. The Morgan fingerprint density at radius 3 is 2.68 bits per heavy atom. The molecule has 1 atom stereocenters. The van der Waals surface area contributed by atoms with E-state index in [0.29, 0.717) is 18.2 Å². The zero-order valence-electron chi connectivity index (χ0n) is 11.8. The van der Waals surface area contributed by atoms with Crippen LogP contribution in [-0.4, -0.2) is 30.6 Å². The minimum absolute atomic E-state index is 0.129. The lowest BCUT2D eigenvalue weighted by molar-refractivity contribution is 0.0679. The first-order chi connectivity index (χ1) is 8.88. The average Bonchev–Trinajstić information content (AvgIpc) is 2.32. The Balaban J connectivity index is 2.15. The molecule has 0 amide bonds. The fraction of sp³-hybridized carbons (Fsp3) is 0.600. The van der Waals surface area contributed by atoms with Crippen LogP contribution in [0.15, 0.2) is 18.2 Å². The van der Waals surface area contributed by atoms with Crippen molar-refractivity contribution in [1.29, 1.82) is 0 Å². The fourth-order valence-corrected chi connectivity index (χ4v) is 2.66. The molecule has 1 aromatic rings. The van der Waals surface area contributed by atoms with Crippen LogP contribution in [-0.2, 0) is 6.54 Å². The van der Waals surface area contributed by atoms with Crippen LogP contribution < -0.4 is 5.32 Å². The minimum Gasteiger partial charge on any atom is -0.314 e. The van der Waals surface area contributed by atoms with Crippen molar-refractivity contribution in [2.75, 3.05) is 19.6 Å². The van der Waals surface area contributed by atoms with Gasteiger partial charge < -0.3 is 5.32 Å². The SMILES string of the molecule is CC(C)(C)C1CNCCN1Cc1ccc(F)cc1F. The number of benzene rings is 1. The van der Waals surface area contributed by atoms with E-state index in [0.717, 1.165) is 25.7 Å². The average molecular weight is 268 g/mol. The van der Waals surface area contributed by atoms with Crippen molar-refractivity contribution in [1.82, 2.24) is 10.2 Å². The smallest absolute Gasteiger partial charge is 0.130 e. The summed E-state index contributed by atoms with van der Waals surface area (Å²) in [7, 11) is 0. The maximum Gasteiger partial charge on any atom is 0.130 e.